The molecule has 2 amide bonds. The highest BCUT2D eigenvalue weighted by Gasteiger charge is 2.40. The summed E-state index contributed by atoms with van der Waals surface area (Å²) >= 11 is 12.8. The molecule has 116 valence electrons. The number of carbonyl (C=O) groups is 1. The molecule has 0 unspecified atom stereocenters. The fraction of sp³-hybridized carbons (Fsp3) is 0.0625. The Labute approximate surface area is 148 Å². The number of urea groups is 1. The topological polar surface area (TPSA) is 47.4 Å². The van der Waals surface area contributed by atoms with Gasteiger partial charge >= 0.3 is 6.03 Å². The Bertz CT molecular complexity index is 790. The molecule has 4 nitrogen and oxygen atoms in total. The van der Waals surface area contributed by atoms with Gasteiger partial charge in [0.05, 0.1) is 11.4 Å². The summed E-state index contributed by atoms with van der Waals surface area (Å²) in [6.07, 6.45) is 1.98. The number of amides is 2. The Morgan fingerprint density at radius 3 is 2.09 bits per heavy atom. The summed E-state index contributed by atoms with van der Waals surface area (Å²) in [5.41, 5.74) is 1.22. The second-order valence-corrected chi connectivity index (χ2v) is 6.48. The summed E-state index contributed by atoms with van der Waals surface area (Å²) in [5.74, 6) is -0.00292. The van der Waals surface area contributed by atoms with Crippen molar-refractivity contribution in [2.45, 2.75) is 4.90 Å². The van der Waals surface area contributed by atoms with Crippen LogP contribution in [0.4, 0.5) is 16.2 Å². The van der Waals surface area contributed by atoms with Gasteiger partial charge < -0.3 is 0 Å². The number of thioether (sulfide) groups is 1. The molecule has 1 aliphatic rings. The Hall–Kier alpha value is -1.89. The van der Waals surface area contributed by atoms with E-state index in [9.17, 15) is 4.79 Å². The molecule has 23 heavy (non-hydrogen) atoms. The maximum absolute atomic E-state index is 12.8. The van der Waals surface area contributed by atoms with E-state index in [2.05, 4.69) is 0 Å². The summed E-state index contributed by atoms with van der Waals surface area (Å²) in [4.78, 5) is 16.7. The van der Waals surface area contributed by atoms with Crippen LogP contribution in [0.3, 0.4) is 0 Å². The third-order valence-electron chi connectivity index (χ3n) is 3.43. The molecule has 7 heteroatoms. The second-order valence-electron chi connectivity index (χ2n) is 4.78. The van der Waals surface area contributed by atoms with E-state index in [4.69, 9.17) is 29.2 Å². The largest absolute Gasteiger partial charge is 0.340 e. The van der Waals surface area contributed by atoms with Crippen molar-refractivity contribution < 1.29 is 4.79 Å². The molecular weight excluding hydrogens is 350 g/mol. The van der Waals surface area contributed by atoms with Gasteiger partial charge in [0.15, 0.2) is 10.8 Å². The van der Waals surface area contributed by atoms with Gasteiger partial charge in [-0.15, -0.1) is 11.8 Å². The number of rotatable bonds is 3. The zero-order valence-electron chi connectivity index (χ0n) is 12.1. The molecular formula is C16H12ClN3OS2. The lowest BCUT2D eigenvalue weighted by atomic mass is 10.3. The molecule has 0 spiro atoms. The van der Waals surface area contributed by atoms with Crippen molar-refractivity contribution in [3.05, 3.63) is 53.6 Å². The summed E-state index contributed by atoms with van der Waals surface area (Å²) < 4.78 is 0. The molecule has 0 bridgehead atoms. The van der Waals surface area contributed by atoms with E-state index in [0.29, 0.717) is 16.4 Å². The molecule has 0 radical (unpaired) electrons. The van der Waals surface area contributed by atoms with Crippen LogP contribution >= 0.6 is 35.6 Å². The van der Waals surface area contributed by atoms with Crippen molar-refractivity contribution >= 4 is 63.8 Å². The average molecular weight is 362 g/mol. The first-order valence-electron chi connectivity index (χ1n) is 6.69. The Balaban J connectivity index is 1.97. The molecule has 1 saturated heterocycles. The van der Waals surface area contributed by atoms with Crippen LogP contribution in [0.5, 0.6) is 0 Å². The zero-order chi connectivity index (χ0) is 16.6. The monoisotopic (exact) mass is 361 g/mol. The number of benzene rings is 2. The van der Waals surface area contributed by atoms with Gasteiger partial charge in [-0.1, -0.05) is 23.8 Å². The molecule has 0 aliphatic carbocycles. The first-order chi connectivity index (χ1) is 11.0. The molecule has 1 fully saturated rings. The number of halogens is 1. The van der Waals surface area contributed by atoms with Crippen molar-refractivity contribution in [1.82, 2.24) is 0 Å². The lowest BCUT2D eigenvalue weighted by molar-refractivity contribution is 0.257. The molecule has 0 atom stereocenters. The summed E-state index contributed by atoms with van der Waals surface area (Å²) in [5, 5.41) is 8.77. The Kier molecular flexibility index (Phi) is 4.39. The van der Waals surface area contributed by atoms with E-state index in [0.717, 1.165) is 4.90 Å². The third-order valence-corrected chi connectivity index (χ3v) is 4.80. The fourth-order valence-corrected chi connectivity index (χ4v) is 3.08. The van der Waals surface area contributed by atoms with Gasteiger partial charge in [0.1, 0.15) is 0 Å². The van der Waals surface area contributed by atoms with Crippen LogP contribution in [0.1, 0.15) is 0 Å². The van der Waals surface area contributed by atoms with Gasteiger partial charge in [0.25, 0.3) is 0 Å². The Morgan fingerprint density at radius 2 is 1.52 bits per heavy atom. The van der Waals surface area contributed by atoms with Crippen LogP contribution in [0.2, 0.25) is 5.02 Å². The van der Waals surface area contributed by atoms with Gasteiger partial charge in [0.2, 0.25) is 0 Å². The average Bonchev–Trinajstić information content (AvgIpc) is 2.78. The highest BCUT2D eigenvalue weighted by atomic mass is 35.5. The molecule has 1 heterocycles. The molecule has 1 N–H and O–H groups in total. The molecule has 0 saturated carbocycles. The van der Waals surface area contributed by atoms with Crippen LogP contribution in [0.15, 0.2) is 53.4 Å². The van der Waals surface area contributed by atoms with Crippen molar-refractivity contribution in [2.75, 3.05) is 16.1 Å². The van der Waals surface area contributed by atoms with Gasteiger partial charge in [-0.3, -0.25) is 5.41 Å². The SMILES string of the molecule is CSc1ccc(N2C(=N)C(=S)N(c3ccc(Cl)cc3)C2=O)cc1. The number of anilines is 2. The standard InChI is InChI=1S/C16H12ClN3OS2/c1-23-13-8-6-11(7-9-13)19-14(18)15(22)20(16(19)21)12-4-2-10(17)3-5-12/h2-9,18H,1H3. The van der Waals surface area contributed by atoms with Gasteiger partial charge in [-0.2, -0.15) is 0 Å². The summed E-state index contributed by atoms with van der Waals surface area (Å²) in [7, 11) is 0. The predicted molar refractivity (Wildman–Crippen MR) is 100 cm³/mol. The smallest absolute Gasteiger partial charge is 0.281 e. The van der Waals surface area contributed by atoms with Gasteiger partial charge in [0, 0.05) is 9.92 Å². The number of thiocarbonyl (C=S) groups is 1. The van der Waals surface area contributed by atoms with E-state index in [1.807, 2.05) is 30.5 Å². The zero-order valence-corrected chi connectivity index (χ0v) is 14.5. The van der Waals surface area contributed by atoms with Gasteiger partial charge in [-0.25, -0.2) is 14.6 Å². The van der Waals surface area contributed by atoms with Crippen molar-refractivity contribution in [3.63, 3.8) is 0 Å². The maximum atomic E-state index is 12.8. The fourth-order valence-electron chi connectivity index (χ4n) is 2.27. The van der Waals surface area contributed by atoms with Crippen LogP contribution in [0, 0.1) is 5.41 Å². The van der Waals surface area contributed by atoms with E-state index < -0.39 is 0 Å². The lowest BCUT2D eigenvalue weighted by Gasteiger charge is -2.17. The number of nitrogens with zero attached hydrogens (tertiary/aromatic N) is 2. The molecule has 1 aliphatic heterocycles. The quantitative estimate of drug-likeness (QED) is 0.630. The molecule has 3 rings (SSSR count). The summed E-state index contributed by atoms with van der Waals surface area (Å²) in [6, 6.07) is 13.9. The van der Waals surface area contributed by atoms with Crippen LogP contribution in [-0.2, 0) is 0 Å². The van der Waals surface area contributed by atoms with E-state index in [1.54, 1.807) is 36.0 Å². The van der Waals surface area contributed by atoms with Crippen molar-refractivity contribution in [2.24, 2.45) is 0 Å². The lowest BCUT2D eigenvalue weighted by Crippen LogP contribution is -2.33. The Morgan fingerprint density at radius 1 is 1.00 bits per heavy atom. The highest BCUT2D eigenvalue weighted by Crippen LogP contribution is 2.29. The number of hydrogen-bond acceptors (Lipinski definition) is 4. The van der Waals surface area contributed by atoms with E-state index >= 15 is 0 Å². The van der Waals surface area contributed by atoms with Crippen LogP contribution in [-0.4, -0.2) is 23.1 Å². The van der Waals surface area contributed by atoms with Gasteiger partial charge in [-0.05, 0) is 54.8 Å². The van der Waals surface area contributed by atoms with Crippen LogP contribution in [0.25, 0.3) is 0 Å². The van der Waals surface area contributed by atoms with E-state index in [1.165, 1.54) is 9.80 Å². The first kappa shape index (κ1) is 16.0. The normalized spacial score (nSPS) is 14.8. The molecule has 2 aromatic rings. The molecule has 0 aromatic heterocycles. The van der Waals surface area contributed by atoms with Crippen molar-refractivity contribution in [1.29, 1.82) is 5.41 Å². The van der Waals surface area contributed by atoms with E-state index in [-0.39, 0.29) is 16.9 Å². The highest BCUT2D eigenvalue weighted by molar-refractivity contribution is 7.98. The minimum Gasteiger partial charge on any atom is -0.281 e. The van der Waals surface area contributed by atoms with Crippen LogP contribution < -0.4 is 9.80 Å². The minimum atomic E-state index is -0.362. The number of amidine groups is 1. The number of carbonyl (C=O) groups excluding carboxylic acids is 1. The first-order valence-corrected chi connectivity index (χ1v) is 8.70. The number of hydrogen-bond donors (Lipinski definition) is 1. The number of nitrogens with one attached hydrogen (secondary N) is 1. The predicted octanol–water partition coefficient (Wildman–Crippen LogP) is 4.81. The second kappa shape index (κ2) is 6.31. The molecule has 2 aromatic carbocycles. The van der Waals surface area contributed by atoms with Crippen molar-refractivity contribution in [3.8, 4) is 0 Å². The third kappa shape index (κ3) is 2.85. The maximum Gasteiger partial charge on any atom is 0.340 e. The summed E-state index contributed by atoms with van der Waals surface area (Å²) in [6.45, 7) is 0. The minimum absolute atomic E-state index is 0.00292.